The van der Waals surface area contributed by atoms with Crippen LogP contribution in [0.2, 0.25) is 5.15 Å². The molecule has 1 aliphatic rings. The standard InChI is InChI=1S/C16H18BClN4O2/c17-12-7-10(14-9-19-5-6-24-14)1-3-13(12)22-16(23)21-11-2-4-15(18)20-8-11/h1-4,7-8,14,19H,5-6,9,17H2,(H2,21,22,23)/t14-/m0/s1. The third-order valence-corrected chi connectivity index (χ3v) is 4.01. The molecule has 2 amide bonds. The van der Waals surface area contributed by atoms with Crippen molar-refractivity contribution in [2.24, 2.45) is 0 Å². The van der Waals surface area contributed by atoms with E-state index in [1.165, 1.54) is 6.20 Å². The lowest BCUT2D eigenvalue weighted by molar-refractivity contribution is 0.0277. The topological polar surface area (TPSA) is 75.3 Å². The second-order valence-corrected chi connectivity index (χ2v) is 5.97. The van der Waals surface area contributed by atoms with E-state index in [1.807, 2.05) is 26.0 Å². The highest BCUT2D eigenvalue weighted by Crippen LogP contribution is 2.19. The number of morpholine rings is 1. The number of carbonyl (C=O) groups is 1. The van der Waals surface area contributed by atoms with E-state index in [0.717, 1.165) is 29.8 Å². The fourth-order valence-corrected chi connectivity index (χ4v) is 2.65. The number of hydrogen-bond donors (Lipinski definition) is 3. The maximum Gasteiger partial charge on any atom is 0.323 e. The summed E-state index contributed by atoms with van der Waals surface area (Å²) in [5.74, 6) is 0. The highest BCUT2D eigenvalue weighted by molar-refractivity contribution is 6.36. The Bertz CT molecular complexity index is 721. The third-order valence-electron chi connectivity index (χ3n) is 3.78. The lowest BCUT2D eigenvalue weighted by Crippen LogP contribution is -2.33. The number of pyridine rings is 1. The fraction of sp³-hybridized carbons (Fsp3) is 0.250. The fourth-order valence-electron chi connectivity index (χ4n) is 2.54. The Morgan fingerprint density at radius 2 is 2.21 bits per heavy atom. The van der Waals surface area contributed by atoms with Crippen molar-refractivity contribution in [2.75, 3.05) is 30.3 Å². The minimum Gasteiger partial charge on any atom is -0.371 e. The zero-order valence-corrected chi connectivity index (χ0v) is 14.1. The molecule has 124 valence electrons. The van der Waals surface area contributed by atoms with Gasteiger partial charge in [-0.05, 0) is 23.8 Å². The number of benzene rings is 1. The maximum atomic E-state index is 12.1. The number of rotatable bonds is 3. The zero-order chi connectivity index (χ0) is 16.9. The first kappa shape index (κ1) is 16.8. The minimum atomic E-state index is -0.328. The van der Waals surface area contributed by atoms with Crippen molar-refractivity contribution in [1.82, 2.24) is 10.3 Å². The van der Waals surface area contributed by atoms with Crippen molar-refractivity contribution >= 4 is 42.3 Å². The number of ether oxygens (including phenoxy) is 1. The van der Waals surface area contributed by atoms with Crippen LogP contribution in [0.25, 0.3) is 0 Å². The first-order valence-electron chi connectivity index (χ1n) is 7.74. The Morgan fingerprint density at radius 1 is 1.33 bits per heavy atom. The third kappa shape index (κ3) is 4.26. The number of hydrogen-bond acceptors (Lipinski definition) is 4. The van der Waals surface area contributed by atoms with Gasteiger partial charge in [-0.3, -0.25) is 0 Å². The Labute approximate surface area is 146 Å². The van der Waals surface area contributed by atoms with Crippen molar-refractivity contribution in [3.05, 3.63) is 47.2 Å². The van der Waals surface area contributed by atoms with E-state index in [1.54, 1.807) is 12.1 Å². The molecule has 8 heteroatoms. The molecule has 1 aliphatic heterocycles. The van der Waals surface area contributed by atoms with Crippen LogP contribution in [0.1, 0.15) is 11.7 Å². The van der Waals surface area contributed by atoms with Crippen LogP contribution in [0, 0.1) is 0 Å². The quantitative estimate of drug-likeness (QED) is 0.579. The molecule has 2 aromatic rings. The van der Waals surface area contributed by atoms with Crippen LogP contribution in [0.15, 0.2) is 36.5 Å². The highest BCUT2D eigenvalue weighted by Gasteiger charge is 2.16. The zero-order valence-electron chi connectivity index (χ0n) is 13.3. The van der Waals surface area contributed by atoms with E-state index in [-0.39, 0.29) is 12.1 Å². The first-order valence-corrected chi connectivity index (χ1v) is 8.12. The Kier molecular flexibility index (Phi) is 5.35. The smallest absolute Gasteiger partial charge is 0.323 e. The summed E-state index contributed by atoms with van der Waals surface area (Å²) >= 11 is 5.72. The number of carbonyl (C=O) groups excluding carboxylic acids is 1. The summed E-state index contributed by atoms with van der Waals surface area (Å²) in [6.45, 7) is 2.40. The number of nitrogens with zero attached hydrogens (tertiary/aromatic N) is 1. The molecule has 0 radical (unpaired) electrons. The van der Waals surface area contributed by atoms with Gasteiger partial charge in [0, 0.05) is 18.8 Å². The molecule has 1 saturated heterocycles. The Hall–Kier alpha value is -2.09. The van der Waals surface area contributed by atoms with Gasteiger partial charge in [0.15, 0.2) is 0 Å². The van der Waals surface area contributed by atoms with Crippen LogP contribution in [0.4, 0.5) is 16.2 Å². The van der Waals surface area contributed by atoms with Gasteiger partial charge >= 0.3 is 6.03 Å². The van der Waals surface area contributed by atoms with E-state index in [2.05, 4.69) is 20.9 Å². The number of aromatic nitrogens is 1. The van der Waals surface area contributed by atoms with Gasteiger partial charge < -0.3 is 20.7 Å². The minimum absolute atomic E-state index is 0.0560. The molecule has 3 rings (SSSR count). The maximum absolute atomic E-state index is 12.1. The van der Waals surface area contributed by atoms with Crippen LogP contribution in [-0.2, 0) is 4.74 Å². The average Bonchev–Trinajstić information content (AvgIpc) is 2.59. The summed E-state index contributed by atoms with van der Waals surface area (Å²) in [4.78, 5) is 16.0. The number of nitrogens with one attached hydrogen (secondary N) is 3. The van der Waals surface area contributed by atoms with E-state index in [4.69, 9.17) is 16.3 Å². The van der Waals surface area contributed by atoms with Gasteiger partial charge in [-0.15, -0.1) is 0 Å². The molecular weight excluding hydrogens is 326 g/mol. The molecular formula is C16H18BClN4O2. The van der Waals surface area contributed by atoms with Crippen LogP contribution in [0.3, 0.4) is 0 Å². The Balaban J connectivity index is 1.64. The van der Waals surface area contributed by atoms with Crippen LogP contribution in [-0.4, -0.2) is 38.6 Å². The molecule has 24 heavy (non-hydrogen) atoms. The monoisotopic (exact) mass is 344 g/mol. The molecule has 2 heterocycles. The summed E-state index contributed by atoms with van der Waals surface area (Å²) in [7, 11) is 1.96. The van der Waals surface area contributed by atoms with Crippen LogP contribution < -0.4 is 21.4 Å². The molecule has 0 unspecified atom stereocenters. The predicted molar refractivity (Wildman–Crippen MR) is 98.1 cm³/mol. The van der Waals surface area contributed by atoms with Gasteiger partial charge in [-0.2, -0.15) is 0 Å². The summed E-state index contributed by atoms with van der Waals surface area (Å²) in [6, 6.07) is 8.89. The number of anilines is 2. The van der Waals surface area contributed by atoms with Gasteiger partial charge in [-0.1, -0.05) is 29.2 Å². The van der Waals surface area contributed by atoms with Gasteiger partial charge in [0.1, 0.15) is 13.0 Å². The highest BCUT2D eigenvalue weighted by atomic mass is 35.5. The lowest BCUT2D eigenvalue weighted by atomic mass is 9.90. The van der Waals surface area contributed by atoms with Crippen molar-refractivity contribution in [3.63, 3.8) is 0 Å². The normalized spacial score (nSPS) is 17.3. The lowest BCUT2D eigenvalue weighted by Gasteiger charge is -2.24. The van der Waals surface area contributed by atoms with Crippen molar-refractivity contribution in [1.29, 1.82) is 0 Å². The largest absolute Gasteiger partial charge is 0.371 e. The first-order chi connectivity index (χ1) is 11.6. The molecule has 0 saturated carbocycles. The van der Waals surface area contributed by atoms with Gasteiger partial charge in [0.2, 0.25) is 0 Å². The molecule has 6 nitrogen and oxygen atoms in total. The molecule has 1 aromatic carbocycles. The van der Waals surface area contributed by atoms with Gasteiger partial charge in [0.25, 0.3) is 0 Å². The van der Waals surface area contributed by atoms with Crippen molar-refractivity contribution in [3.8, 4) is 0 Å². The summed E-state index contributed by atoms with van der Waals surface area (Å²) in [5, 5.41) is 9.25. The molecule has 0 spiro atoms. The van der Waals surface area contributed by atoms with E-state index in [0.29, 0.717) is 17.4 Å². The van der Waals surface area contributed by atoms with Crippen LogP contribution >= 0.6 is 11.6 Å². The molecule has 1 fully saturated rings. The molecule has 0 bridgehead atoms. The summed E-state index contributed by atoms with van der Waals surface area (Å²) < 4.78 is 5.75. The number of urea groups is 1. The van der Waals surface area contributed by atoms with Gasteiger partial charge in [-0.25, -0.2) is 9.78 Å². The number of amides is 2. The molecule has 1 atom stereocenters. The van der Waals surface area contributed by atoms with E-state index >= 15 is 0 Å². The average molecular weight is 345 g/mol. The summed E-state index contributed by atoms with van der Waals surface area (Å²) in [6.07, 6.45) is 1.56. The van der Waals surface area contributed by atoms with E-state index < -0.39 is 0 Å². The summed E-state index contributed by atoms with van der Waals surface area (Å²) in [5.41, 5.74) is 3.41. The second-order valence-electron chi connectivity index (χ2n) is 5.59. The molecule has 1 aromatic heterocycles. The molecule has 3 N–H and O–H groups in total. The SMILES string of the molecule is Bc1cc([C@@H]2CNCCO2)ccc1NC(=O)Nc1ccc(Cl)nc1. The van der Waals surface area contributed by atoms with Crippen LogP contribution in [0.5, 0.6) is 0 Å². The van der Waals surface area contributed by atoms with Crippen molar-refractivity contribution in [2.45, 2.75) is 6.10 Å². The van der Waals surface area contributed by atoms with Gasteiger partial charge in [0.05, 0.1) is 24.6 Å². The Morgan fingerprint density at radius 3 is 2.88 bits per heavy atom. The molecule has 0 aliphatic carbocycles. The predicted octanol–water partition coefficient (Wildman–Crippen LogP) is 1.30. The number of halogens is 1. The van der Waals surface area contributed by atoms with E-state index in [9.17, 15) is 4.79 Å². The second kappa shape index (κ2) is 7.66. The van der Waals surface area contributed by atoms with Crippen molar-refractivity contribution < 1.29 is 9.53 Å².